The summed E-state index contributed by atoms with van der Waals surface area (Å²) in [7, 11) is 0. The van der Waals surface area contributed by atoms with Gasteiger partial charge in [0, 0.05) is 0 Å². The van der Waals surface area contributed by atoms with E-state index in [9.17, 15) is 28.8 Å². The average molecular weight is 432 g/mol. The van der Waals surface area contributed by atoms with Gasteiger partial charge in [-0.25, -0.2) is 4.79 Å². The fourth-order valence-electron chi connectivity index (χ4n) is 2.31. The van der Waals surface area contributed by atoms with Crippen LogP contribution in [0.3, 0.4) is 0 Å². The fraction of sp³-hybridized carbons (Fsp3) is 0.647. The van der Waals surface area contributed by atoms with E-state index in [2.05, 4.69) is 10.6 Å². The topological polar surface area (TPSA) is 225 Å². The van der Waals surface area contributed by atoms with Crippen LogP contribution in [0.2, 0.25) is 0 Å². The first-order valence-electron chi connectivity index (χ1n) is 9.07. The van der Waals surface area contributed by atoms with Crippen LogP contribution in [-0.4, -0.2) is 75.1 Å². The van der Waals surface area contributed by atoms with E-state index in [0.29, 0.717) is 0 Å². The number of carbonyl (C=O) groups excluding carboxylic acids is 3. The van der Waals surface area contributed by atoms with Crippen LogP contribution in [0.15, 0.2) is 0 Å². The largest absolute Gasteiger partial charge is 0.481 e. The molecule has 0 radical (unpaired) electrons. The normalized spacial score (nSPS) is 14.7. The van der Waals surface area contributed by atoms with E-state index in [1.807, 2.05) is 5.32 Å². The van der Waals surface area contributed by atoms with Crippen molar-refractivity contribution in [3.8, 4) is 0 Å². The molecule has 0 rings (SSSR count). The minimum absolute atomic E-state index is 0.0397. The first-order valence-corrected chi connectivity index (χ1v) is 9.07. The Morgan fingerprint density at radius 3 is 1.50 bits per heavy atom. The van der Waals surface area contributed by atoms with E-state index in [-0.39, 0.29) is 12.3 Å². The molecule has 4 unspecified atom stereocenters. The van der Waals surface area contributed by atoms with Crippen molar-refractivity contribution in [1.82, 2.24) is 16.0 Å². The summed E-state index contributed by atoms with van der Waals surface area (Å²) in [5.41, 5.74) is 5.39. The lowest BCUT2D eigenvalue weighted by molar-refractivity contribution is -0.147. The predicted octanol–water partition coefficient (Wildman–Crippen LogP) is -2.13. The molecule has 13 nitrogen and oxygen atoms in total. The van der Waals surface area contributed by atoms with Crippen LogP contribution >= 0.6 is 0 Å². The van der Waals surface area contributed by atoms with Gasteiger partial charge in [0.15, 0.2) is 0 Å². The van der Waals surface area contributed by atoms with Gasteiger partial charge in [0.2, 0.25) is 17.7 Å². The molecule has 8 N–H and O–H groups in total. The summed E-state index contributed by atoms with van der Waals surface area (Å²) < 4.78 is 0. The minimum Gasteiger partial charge on any atom is -0.481 e. The van der Waals surface area contributed by atoms with Crippen LogP contribution in [0.4, 0.5) is 0 Å². The van der Waals surface area contributed by atoms with Gasteiger partial charge in [0.1, 0.15) is 18.1 Å². The predicted molar refractivity (Wildman–Crippen MR) is 101 cm³/mol. The van der Waals surface area contributed by atoms with Gasteiger partial charge in [-0.1, -0.05) is 13.8 Å². The van der Waals surface area contributed by atoms with Crippen LogP contribution in [0.5, 0.6) is 0 Å². The van der Waals surface area contributed by atoms with Crippen LogP contribution in [0, 0.1) is 5.92 Å². The maximum Gasteiger partial charge on any atom is 0.326 e. The summed E-state index contributed by atoms with van der Waals surface area (Å²) in [6.45, 7) is 4.75. The highest BCUT2D eigenvalue weighted by molar-refractivity contribution is 5.95. The average Bonchev–Trinajstić information content (AvgIpc) is 2.58. The molecule has 0 spiro atoms. The molecule has 0 heterocycles. The third kappa shape index (κ3) is 10.4. The van der Waals surface area contributed by atoms with Gasteiger partial charge < -0.3 is 37.0 Å². The van der Waals surface area contributed by atoms with E-state index >= 15 is 0 Å². The molecule has 0 aliphatic carbocycles. The van der Waals surface area contributed by atoms with E-state index in [1.165, 1.54) is 6.92 Å². The second-order valence-corrected chi connectivity index (χ2v) is 7.14. The quantitative estimate of drug-likeness (QED) is 0.167. The van der Waals surface area contributed by atoms with Crippen molar-refractivity contribution in [1.29, 1.82) is 0 Å². The summed E-state index contributed by atoms with van der Waals surface area (Å²) in [6, 6.07) is -5.57. The van der Waals surface area contributed by atoms with Gasteiger partial charge in [0.05, 0.1) is 18.9 Å². The van der Waals surface area contributed by atoms with Gasteiger partial charge in [-0.3, -0.25) is 24.0 Å². The van der Waals surface area contributed by atoms with Crippen molar-refractivity contribution in [3.05, 3.63) is 0 Å². The summed E-state index contributed by atoms with van der Waals surface area (Å²) in [4.78, 5) is 69.7. The zero-order valence-corrected chi connectivity index (χ0v) is 16.9. The second kappa shape index (κ2) is 12.4. The van der Waals surface area contributed by atoms with E-state index < -0.39 is 72.6 Å². The molecule has 30 heavy (non-hydrogen) atoms. The number of rotatable bonds is 13. The monoisotopic (exact) mass is 432 g/mol. The van der Waals surface area contributed by atoms with Crippen LogP contribution in [-0.2, 0) is 28.8 Å². The summed E-state index contributed by atoms with van der Waals surface area (Å²) in [5.74, 6) is -7.30. The molecule has 0 aliphatic rings. The smallest absolute Gasteiger partial charge is 0.326 e. The van der Waals surface area contributed by atoms with Crippen molar-refractivity contribution in [2.24, 2.45) is 11.7 Å². The number of amides is 3. The zero-order chi connectivity index (χ0) is 23.6. The Labute approximate surface area is 172 Å². The highest BCUT2D eigenvalue weighted by atomic mass is 16.4. The molecule has 170 valence electrons. The van der Waals surface area contributed by atoms with Crippen LogP contribution < -0.4 is 21.7 Å². The lowest BCUT2D eigenvalue weighted by Crippen LogP contribution is -2.57. The molecular formula is C17H28N4O9. The Morgan fingerprint density at radius 1 is 0.700 bits per heavy atom. The molecule has 13 heteroatoms. The van der Waals surface area contributed by atoms with E-state index in [0.717, 1.165) is 0 Å². The number of carboxylic acid groups (broad SMARTS) is 3. The molecule has 0 aromatic carbocycles. The van der Waals surface area contributed by atoms with Gasteiger partial charge in [-0.05, 0) is 19.3 Å². The summed E-state index contributed by atoms with van der Waals surface area (Å²) in [6.07, 6.45) is -1.62. The number of carboxylic acids is 3. The number of nitrogens with two attached hydrogens (primary N) is 1. The second-order valence-electron chi connectivity index (χ2n) is 7.14. The molecule has 0 saturated heterocycles. The minimum atomic E-state index is -1.73. The molecule has 0 aliphatic heterocycles. The van der Waals surface area contributed by atoms with Crippen molar-refractivity contribution < 1.29 is 44.1 Å². The summed E-state index contributed by atoms with van der Waals surface area (Å²) in [5, 5.41) is 33.3. The number of nitrogens with one attached hydrogen (secondary N) is 3. The van der Waals surface area contributed by atoms with Gasteiger partial charge in [0.25, 0.3) is 0 Å². The first-order chi connectivity index (χ1) is 13.7. The Kier molecular flexibility index (Phi) is 11.0. The lowest BCUT2D eigenvalue weighted by Gasteiger charge is -2.25. The highest BCUT2D eigenvalue weighted by Crippen LogP contribution is 2.07. The zero-order valence-electron chi connectivity index (χ0n) is 16.9. The standard InChI is InChI=1S/C17H28N4O9/c1-7(2)4-9(15(27)21-11(17(29)30)6-13(24)25)20-16(28)10(5-12(22)23)19-14(26)8(3)18/h7-11H,4-6,18H2,1-3H3,(H,19,26)(H,20,28)(H,21,27)(H,22,23)(H,24,25)(H,29,30). The maximum absolute atomic E-state index is 12.5. The fourth-order valence-corrected chi connectivity index (χ4v) is 2.31. The van der Waals surface area contributed by atoms with Crippen molar-refractivity contribution >= 4 is 35.6 Å². The van der Waals surface area contributed by atoms with Gasteiger partial charge >= 0.3 is 17.9 Å². The number of hydrogen-bond acceptors (Lipinski definition) is 7. The third-order valence-electron chi connectivity index (χ3n) is 3.76. The van der Waals surface area contributed by atoms with Crippen molar-refractivity contribution in [3.63, 3.8) is 0 Å². The van der Waals surface area contributed by atoms with Crippen LogP contribution in [0.1, 0.15) is 40.0 Å². The van der Waals surface area contributed by atoms with Crippen molar-refractivity contribution in [2.75, 3.05) is 0 Å². The first kappa shape index (κ1) is 26.8. The van der Waals surface area contributed by atoms with E-state index in [4.69, 9.17) is 21.1 Å². The maximum atomic E-state index is 12.5. The molecule has 4 atom stereocenters. The highest BCUT2D eigenvalue weighted by Gasteiger charge is 2.32. The SMILES string of the molecule is CC(C)CC(NC(=O)C(CC(=O)O)NC(=O)C(C)N)C(=O)NC(CC(=O)O)C(=O)O. The Hall–Kier alpha value is -3.22. The summed E-state index contributed by atoms with van der Waals surface area (Å²) >= 11 is 0. The molecule has 0 bridgehead atoms. The number of carbonyl (C=O) groups is 6. The lowest BCUT2D eigenvalue weighted by atomic mass is 10.0. The molecule has 0 aromatic rings. The van der Waals surface area contributed by atoms with Gasteiger partial charge in [-0.2, -0.15) is 0 Å². The van der Waals surface area contributed by atoms with Crippen molar-refractivity contribution in [2.45, 2.75) is 64.2 Å². The Morgan fingerprint density at radius 2 is 1.10 bits per heavy atom. The van der Waals surface area contributed by atoms with E-state index in [1.54, 1.807) is 13.8 Å². The molecule has 0 saturated carbocycles. The molecule has 3 amide bonds. The van der Waals surface area contributed by atoms with Gasteiger partial charge in [-0.15, -0.1) is 0 Å². The Balaban J connectivity index is 5.47. The molecule has 0 aromatic heterocycles. The van der Waals surface area contributed by atoms with Crippen LogP contribution in [0.25, 0.3) is 0 Å². The molecule has 0 fully saturated rings. The Bertz CT molecular complexity index is 678. The molecular weight excluding hydrogens is 404 g/mol. The number of hydrogen-bond donors (Lipinski definition) is 7. The number of aliphatic carboxylic acids is 3. The third-order valence-corrected chi connectivity index (χ3v) is 3.76.